The third kappa shape index (κ3) is 3.90. The molecule has 1 aromatic rings. The molecule has 0 aliphatic rings. The number of carbonyl (C=O) groups is 1. The Morgan fingerprint density at radius 3 is 2.78 bits per heavy atom. The van der Waals surface area contributed by atoms with Gasteiger partial charge in [-0.2, -0.15) is 5.26 Å². The maximum atomic E-state index is 11.7. The normalized spacial score (nSPS) is 11.2. The van der Waals surface area contributed by atoms with Crippen LogP contribution in [0.2, 0.25) is 0 Å². The maximum absolute atomic E-state index is 11.7. The molecule has 0 heterocycles. The van der Waals surface area contributed by atoms with E-state index in [9.17, 15) is 9.90 Å². The molecule has 0 aliphatic heterocycles. The highest BCUT2D eigenvalue weighted by Crippen LogP contribution is 2.24. The molecule has 1 rings (SSSR count). The summed E-state index contributed by atoms with van der Waals surface area (Å²) in [6, 6.07) is 6.57. The lowest BCUT2D eigenvalue weighted by Gasteiger charge is -2.07. The number of phenolic OH excluding ortho intramolecular Hbond substituents is 1. The first kappa shape index (κ1) is 14.3. The van der Waals surface area contributed by atoms with Gasteiger partial charge in [-0.25, -0.2) is 0 Å². The number of aromatic hydroxyl groups is 1. The molecule has 0 fully saturated rings. The number of phenols is 1. The molecule has 1 amide bonds. The third-order valence-electron chi connectivity index (χ3n) is 2.07. The minimum absolute atomic E-state index is 0.0169. The molecule has 0 radical (unpaired) electrons. The van der Waals surface area contributed by atoms with Crippen LogP contribution in [-0.2, 0) is 4.79 Å². The van der Waals surface area contributed by atoms with Crippen molar-refractivity contribution >= 4 is 27.9 Å². The molecule has 2 N–H and O–H groups in total. The number of amides is 1. The number of rotatable bonds is 3. The van der Waals surface area contributed by atoms with Gasteiger partial charge in [0.1, 0.15) is 17.4 Å². The van der Waals surface area contributed by atoms with Crippen molar-refractivity contribution in [1.82, 2.24) is 5.32 Å². The molecule has 0 unspecified atom stereocenters. The van der Waals surface area contributed by atoms with Gasteiger partial charge in [0.2, 0.25) is 0 Å². The van der Waals surface area contributed by atoms with Crippen molar-refractivity contribution in [2.75, 3.05) is 0 Å². The predicted octanol–water partition coefficient (Wildman–Crippen LogP) is 2.59. The molecule has 5 heteroatoms. The quantitative estimate of drug-likeness (QED) is 0.666. The lowest BCUT2D eigenvalue weighted by atomic mass is 10.1. The molecular weight excluding hydrogens is 296 g/mol. The van der Waals surface area contributed by atoms with E-state index in [4.69, 9.17) is 5.26 Å². The van der Waals surface area contributed by atoms with Crippen molar-refractivity contribution in [3.05, 3.63) is 33.8 Å². The van der Waals surface area contributed by atoms with Crippen LogP contribution in [0.4, 0.5) is 0 Å². The van der Waals surface area contributed by atoms with Crippen molar-refractivity contribution in [3.63, 3.8) is 0 Å². The van der Waals surface area contributed by atoms with Crippen molar-refractivity contribution in [3.8, 4) is 11.8 Å². The van der Waals surface area contributed by atoms with Gasteiger partial charge in [-0.05, 0) is 38.1 Å². The van der Waals surface area contributed by atoms with E-state index in [1.54, 1.807) is 12.1 Å². The van der Waals surface area contributed by atoms with E-state index in [-0.39, 0.29) is 17.4 Å². The summed E-state index contributed by atoms with van der Waals surface area (Å²) in [5.41, 5.74) is 0.372. The van der Waals surface area contributed by atoms with Crippen LogP contribution >= 0.6 is 15.9 Å². The lowest BCUT2D eigenvalue weighted by molar-refractivity contribution is -0.117. The van der Waals surface area contributed by atoms with Gasteiger partial charge in [0.25, 0.3) is 5.91 Å². The molecule has 0 saturated heterocycles. The average Bonchev–Trinajstić information content (AvgIpc) is 2.29. The Morgan fingerprint density at radius 1 is 1.56 bits per heavy atom. The lowest BCUT2D eigenvalue weighted by Crippen LogP contribution is -2.30. The number of nitriles is 1. The number of carbonyl (C=O) groups excluding carboxylic acids is 1. The summed E-state index contributed by atoms with van der Waals surface area (Å²) < 4.78 is 0.758. The summed E-state index contributed by atoms with van der Waals surface area (Å²) in [4.78, 5) is 11.7. The fourth-order valence-corrected chi connectivity index (χ4v) is 1.66. The summed E-state index contributed by atoms with van der Waals surface area (Å²) >= 11 is 3.26. The molecule has 0 atom stereocenters. The molecule has 1 aromatic carbocycles. The molecule has 0 aromatic heterocycles. The SMILES string of the molecule is CC(C)NC(=O)/C(C#N)=C\c1cc(Br)ccc1O. The zero-order chi connectivity index (χ0) is 13.7. The molecule has 94 valence electrons. The van der Waals surface area contributed by atoms with Crippen LogP contribution in [-0.4, -0.2) is 17.1 Å². The molecule has 0 saturated carbocycles. The predicted molar refractivity (Wildman–Crippen MR) is 72.7 cm³/mol. The van der Waals surface area contributed by atoms with Crippen molar-refractivity contribution in [2.24, 2.45) is 0 Å². The average molecular weight is 309 g/mol. The fraction of sp³-hybridized carbons (Fsp3) is 0.231. The number of benzene rings is 1. The third-order valence-corrected chi connectivity index (χ3v) is 2.57. The van der Waals surface area contributed by atoms with Gasteiger partial charge < -0.3 is 10.4 Å². The van der Waals surface area contributed by atoms with Gasteiger partial charge >= 0.3 is 0 Å². The molecule has 4 nitrogen and oxygen atoms in total. The van der Waals surface area contributed by atoms with Crippen LogP contribution in [0, 0.1) is 11.3 Å². The van der Waals surface area contributed by atoms with Crippen molar-refractivity contribution in [2.45, 2.75) is 19.9 Å². The molecule has 18 heavy (non-hydrogen) atoms. The first-order chi connectivity index (χ1) is 8.43. The van der Waals surface area contributed by atoms with E-state index in [1.165, 1.54) is 12.1 Å². The Morgan fingerprint density at radius 2 is 2.22 bits per heavy atom. The number of hydrogen-bond donors (Lipinski definition) is 2. The Hall–Kier alpha value is -1.80. The second-order valence-corrected chi connectivity index (χ2v) is 4.92. The van der Waals surface area contributed by atoms with Crippen LogP contribution in [0.25, 0.3) is 6.08 Å². The molecule has 0 spiro atoms. The number of nitrogens with one attached hydrogen (secondary N) is 1. The molecule has 0 bridgehead atoms. The summed E-state index contributed by atoms with van der Waals surface area (Å²) in [5.74, 6) is -0.435. The summed E-state index contributed by atoms with van der Waals surface area (Å²) in [7, 11) is 0. The highest BCUT2D eigenvalue weighted by Gasteiger charge is 2.11. The zero-order valence-corrected chi connectivity index (χ0v) is 11.7. The second-order valence-electron chi connectivity index (χ2n) is 4.00. The van der Waals surface area contributed by atoms with E-state index in [0.29, 0.717) is 5.56 Å². The van der Waals surface area contributed by atoms with Gasteiger partial charge in [0, 0.05) is 16.1 Å². The number of nitrogens with zero attached hydrogens (tertiary/aromatic N) is 1. The minimum atomic E-state index is -0.452. The molecule has 0 aliphatic carbocycles. The highest BCUT2D eigenvalue weighted by molar-refractivity contribution is 9.10. The first-order valence-corrected chi connectivity index (χ1v) is 6.14. The van der Waals surface area contributed by atoms with E-state index in [0.717, 1.165) is 4.47 Å². The van der Waals surface area contributed by atoms with E-state index in [1.807, 2.05) is 19.9 Å². The summed E-state index contributed by atoms with van der Waals surface area (Å²) in [5, 5.41) is 21.2. The van der Waals surface area contributed by atoms with Gasteiger partial charge in [-0.15, -0.1) is 0 Å². The molecular formula is C13H13BrN2O2. The van der Waals surface area contributed by atoms with Crippen molar-refractivity contribution in [1.29, 1.82) is 5.26 Å². The van der Waals surface area contributed by atoms with Crippen molar-refractivity contribution < 1.29 is 9.90 Å². The van der Waals surface area contributed by atoms with Gasteiger partial charge in [-0.1, -0.05) is 15.9 Å². The van der Waals surface area contributed by atoms with Gasteiger partial charge in [0.15, 0.2) is 0 Å². The number of hydrogen-bond acceptors (Lipinski definition) is 3. The van der Waals surface area contributed by atoms with Crippen LogP contribution in [0.5, 0.6) is 5.75 Å². The standard InChI is InChI=1S/C13H13BrN2O2/c1-8(2)16-13(18)10(7-15)5-9-6-11(14)3-4-12(9)17/h3-6,8,17H,1-2H3,(H,16,18)/b10-5-. The van der Waals surface area contributed by atoms with Gasteiger partial charge in [-0.3, -0.25) is 4.79 Å². The monoisotopic (exact) mass is 308 g/mol. The van der Waals surface area contributed by atoms with Crippen LogP contribution in [0.1, 0.15) is 19.4 Å². The topological polar surface area (TPSA) is 73.1 Å². The second kappa shape index (κ2) is 6.22. The zero-order valence-electron chi connectivity index (χ0n) is 10.1. The first-order valence-electron chi connectivity index (χ1n) is 5.35. The van der Waals surface area contributed by atoms with E-state index >= 15 is 0 Å². The van der Waals surface area contributed by atoms with Crippen LogP contribution < -0.4 is 5.32 Å². The van der Waals surface area contributed by atoms with E-state index < -0.39 is 5.91 Å². The van der Waals surface area contributed by atoms with E-state index in [2.05, 4.69) is 21.2 Å². The summed E-state index contributed by atoms with van der Waals surface area (Å²) in [6.07, 6.45) is 1.36. The summed E-state index contributed by atoms with van der Waals surface area (Å²) in [6.45, 7) is 3.62. The maximum Gasteiger partial charge on any atom is 0.262 e. The smallest absolute Gasteiger partial charge is 0.262 e. The fourth-order valence-electron chi connectivity index (χ4n) is 1.29. The minimum Gasteiger partial charge on any atom is -0.507 e. The Labute approximate surface area is 114 Å². The van der Waals surface area contributed by atoms with Gasteiger partial charge in [0.05, 0.1) is 0 Å². The Kier molecular flexibility index (Phi) is 4.93. The Bertz CT molecular complexity index is 530. The van der Waals surface area contributed by atoms with Crippen LogP contribution in [0.3, 0.4) is 0 Å². The highest BCUT2D eigenvalue weighted by atomic mass is 79.9. The Balaban J connectivity index is 3.08. The number of halogens is 1. The largest absolute Gasteiger partial charge is 0.507 e. The van der Waals surface area contributed by atoms with Crippen LogP contribution in [0.15, 0.2) is 28.2 Å².